The molecule has 19 heavy (non-hydrogen) atoms. The van der Waals surface area contributed by atoms with Gasteiger partial charge in [0.25, 0.3) is 0 Å². The molecule has 0 bridgehead atoms. The standard InChI is InChI=1S/C15H21NO3/c1-4-5-12-6-8-13(9-7-12)16-14(17)10(2)11(3)15(18)19/h6-11H,4-5H2,1-3H3,(H,16,17)(H,18,19). The third-order valence-electron chi connectivity index (χ3n) is 3.31. The Balaban J connectivity index is 2.63. The van der Waals surface area contributed by atoms with Crippen LogP contribution in [0.1, 0.15) is 32.8 Å². The van der Waals surface area contributed by atoms with Gasteiger partial charge in [0, 0.05) is 11.6 Å². The van der Waals surface area contributed by atoms with Gasteiger partial charge >= 0.3 is 5.97 Å². The third kappa shape index (κ3) is 4.39. The van der Waals surface area contributed by atoms with Crippen LogP contribution in [0, 0.1) is 11.8 Å². The lowest BCUT2D eigenvalue weighted by Gasteiger charge is -2.15. The van der Waals surface area contributed by atoms with Gasteiger partial charge in [0.05, 0.1) is 5.92 Å². The molecule has 2 atom stereocenters. The lowest BCUT2D eigenvalue weighted by molar-refractivity contribution is -0.145. The predicted octanol–water partition coefficient (Wildman–Crippen LogP) is 2.93. The number of carboxylic acids is 1. The number of rotatable bonds is 6. The minimum absolute atomic E-state index is 0.266. The first-order chi connectivity index (χ1) is 8.95. The number of hydrogen-bond donors (Lipinski definition) is 2. The molecule has 0 aromatic heterocycles. The van der Waals surface area contributed by atoms with E-state index in [1.165, 1.54) is 12.5 Å². The number of carbonyl (C=O) groups is 2. The van der Waals surface area contributed by atoms with Crippen LogP contribution in [0.4, 0.5) is 5.69 Å². The maximum atomic E-state index is 11.9. The fourth-order valence-electron chi connectivity index (χ4n) is 1.74. The van der Waals surface area contributed by atoms with Crippen molar-refractivity contribution in [3.05, 3.63) is 29.8 Å². The Labute approximate surface area is 113 Å². The average molecular weight is 263 g/mol. The highest BCUT2D eigenvalue weighted by atomic mass is 16.4. The van der Waals surface area contributed by atoms with Crippen molar-refractivity contribution in [3.63, 3.8) is 0 Å². The van der Waals surface area contributed by atoms with E-state index in [4.69, 9.17) is 5.11 Å². The summed E-state index contributed by atoms with van der Waals surface area (Å²) in [5.41, 5.74) is 1.93. The molecule has 0 saturated carbocycles. The van der Waals surface area contributed by atoms with Crippen molar-refractivity contribution in [2.45, 2.75) is 33.6 Å². The number of benzene rings is 1. The number of anilines is 1. The van der Waals surface area contributed by atoms with Gasteiger partial charge in [0.2, 0.25) is 5.91 Å². The topological polar surface area (TPSA) is 66.4 Å². The molecule has 1 aromatic rings. The fraction of sp³-hybridized carbons (Fsp3) is 0.467. The Kier molecular flexibility index (Phi) is 5.55. The van der Waals surface area contributed by atoms with Crippen LogP contribution < -0.4 is 5.32 Å². The number of carbonyl (C=O) groups excluding carboxylic acids is 1. The first-order valence-electron chi connectivity index (χ1n) is 6.58. The van der Waals surface area contributed by atoms with E-state index in [1.54, 1.807) is 6.92 Å². The van der Waals surface area contributed by atoms with Gasteiger partial charge < -0.3 is 10.4 Å². The van der Waals surface area contributed by atoms with Crippen molar-refractivity contribution in [1.82, 2.24) is 0 Å². The van der Waals surface area contributed by atoms with Crippen LogP contribution in [0.15, 0.2) is 24.3 Å². The highest BCUT2D eigenvalue weighted by molar-refractivity contribution is 5.94. The van der Waals surface area contributed by atoms with E-state index in [0.29, 0.717) is 5.69 Å². The molecule has 1 aromatic carbocycles. The summed E-state index contributed by atoms with van der Waals surface area (Å²) < 4.78 is 0. The third-order valence-corrected chi connectivity index (χ3v) is 3.31. The lowest BCUT2D eigenvalue weighted by Crippen LogP contribution is -2.29. The number of amides is 1. The molecule has 1 rings (SSSR count). The number of aliphatic carboxylic acids is 1. The molecule has 0 aliphatic rings. The maximum Gasteiger partial charge on any atom is 0.307 e. The van der Waals surface area contributed by atoms with Crippen LogP contribution >= 0.6 is 0 Å². The van der Waals surface area contributed by atoms with Crippen molar-refractivity contribution >= 4 is 17.6 Å². The van der Waals surface area contributed by atoms with Crippen molar-refractivity contribution in [2.24, 2.45) is 11.8 Å². The van der Waals surface area contributed by atoms with Gasteiger partial charge in [-0.15, -0.1) is 0 Å². The smallest absolute Gasteiger partial charge is 0.307 e. The van der Waals surface area contributed by atoms with E-state index in [2.05, 4.69) is 12.2 Å². The number of aryl methyl sites for hydroxylation is 1. The monoisotopic (exact) mass is 263 g/mol. The summed E-state index contributed by atoms with van der Waals surface area (Å²) in [6.07, 6.45) is 2.10. The molecule has 2 unspecified atom stereocenters. The van der Waals surface area contributed by atoms with E-state index >= 15 is 0 Å². The van der Waals surface area contributed by atoms with Crippen LogP contribution in [0.2, 0.25) is 0 Å². The Morgan fingerprint density at radius 1 is 1.16 bits per heavy atom. The fourth-order valence-corrected chi connectivity index (χ4v) is 1.74. The van der Waals surface area contributed by atoms with Crippen LogP contribution in [0.25, 0.3) is 0 Å². The molecule has 0 spiro atoms. The van der Waals surface area contributed by atoms with Crippen molar-refractivity contribution in [1.29, 1.82) is 0 Å². The average Bonchev–Trinajstić information content (AvgIpc) is 2.39. The van der Waals surface area contributed by atoms with Crippen molar-refractivity contribution in [3.8, 4) is 0 Å². The van der Waals surface area contributed by atoms with E-state index < -0.39 is 17.8 Å². The molecule has 4 heteroatoms. The molecule has 0 heterocycles. The van der Waals surface area contributed by atoms with Crippen molar-refractivity contribution in [2.75, 3.05) is 5.32 Å². The van der Waals surface area contributed by atoms with E-state index in [0.717, 1.165) is 12.8 Å². The second-order valence-corrected chi connectivity index (χ2v) is 4.85. The Morgan fingerprint density at radius 2 is 1.74 bits per heavy atom. The summed E-state index contributed by atoms with van der Waals surface area (Å²) in [4.78, 5) is 22.7. The largest absolute Gasteiger partial charge is 0.481 e. The molecule has 2 N–H and O–H groups in total. The number of nitrogens with one attached hydrogen (secondary N) is 1. The Bertz CT molecular complexity index is 439. The highest BCUT2D eigenvalue weighted by Gasteiger charge is 2.25. The summed E-state index contributed by atoms with van der Waals surface area (Å²) in [5, 5.41) is 11.6. The summed E-state index contributed by atoms with van der Waals surface area (Å²) in [6.45, 7) is 5.28. The maximum absolute atomic E-state index is 11.9. The van der Waals surface area contributed by atoms with Gasteiger partial charge in [-0.05, 0) is 24.1 Å². The van der Waals surface area contributed by atoms with Crippen LogP contribution in [0.5, 0.6) is 0 Å². The summed E-state index contributed by atoms with van der Waals surface area (Å²) in [6, 6.07) is 7.65. The van der Waals surface area contributed by atoms with E-state index in [9.17, 15) is 9.59 Å². The number of hydrogen-bond acceptors (Lipinski definition) is 2. The zero-order valence-corrected chi connectivity index (χ0v) is 11.6. The van der Waals surface area contributed by atoms with Gasteiger partial charge in [0.1, 0.15) is 0 Å². The second kappa shape index (κ2) is 6.92. The van der Waals surface area contributed by atoms with Crippen LogP contribution in [-0.2, 0) is 16.0 Å². The predicted molar refractivity (Wildman–Crippen MR) is 75.0 cm³/mol. The Hall–Kier alpha value is -1.84. The highest BCUT2D eigenvalue weighted by Crippen LogP contribution is 2.16. The molecular weight excluding hydrogens is 242 g/mol. The first-order valence-corrected chi connectivity index (χ1v) is 6.58. The van der Waals surface area contributed by atoms with Gasteiger partial charge in [-0.3, -0.25) is 9.59 Å². The zero-order chi connectivity index (χ0) is 14.4. The molecule has 104 valence electrons. The lowest BCUT2D eigenvalue weighted by atomic mass is 9.95. The van der Waals surface area contributed by atoms with Crippen molar-refractivity contribution < 1.29 is 14.7 Å². The van der Waals surface area contributed by atoms with Gasteiger partial charge in [-0.2, -0.15) is 0 Å². The molecule has 0 saturated heterocycles. The molecule has 4 nitrogen and oxygen atoms in total. The normalized spacial score (nSPS) is 13.6. The summed E-state index contributed by atoms with van der Waals surface area (Å²) >= 11 is 0. The van der Waals surface area contributed by atoms with Gasteiger partial charge in [-0.25, -0.2) is 0 Å². The zero-order valence-electron chi connectivity index (χ0n) is 11.6. The molecule has 0 aliphatic carbocycles. The molecule has 0 fully saturated rings. The quantitative estimate of drug-likeness (QED) is 0.829. The summed E-state index contributed by atoms with van der Waals surface area (Å²) in [7, 11) is 0. The Morgan fingerprint density at radius 3 is 2.21 bits per heavy atom. The minimum atomic E-state index is -0.957. The van der Waals surface area contributed by atoms with Crippen LogP contribution in [0.3, 0.4) is 0 Å². The second-order valence-electron chi connectivity index (χ2n) is 4.85. The van der Waals surface area contributed by atoms with Gasteiger partial charge in [-0.1, -0.05) is 39.3 Å². The van der Waals surface area contributed by atoms with E-state index in [-0.39, 0.29) is 5.91 Å². The van der Waals surface area contributed by atoms with Gasteiger partial charge in [0.15, 0.2) is 0 Å². The minimum Gasteiger partial charge on any atom is -0.481 e. The van der Waals surface area contributed by atoms with Crippen LogP contribution in [-0.4, -0.2) is 17.0 Å². The van der Waals surface area contributed by atoms with E-state index in [1.807, 2.05) is 24.3 Å². The number of carboxylic acid groups (broad SMARTS) is 1. The SMILES string of the molecule is CCCc1ccc(NC(=O)C(C)C(C)C(=O)O)cc1. The molecule has 1 amide bonds. The summed E-state index contributed by atoms with van der Waals surface area (Å²) in [5.74, 6) is -2.48. The first kappa shape index (κ1) is 15.2. The molecule has 0 radical (unpaired) electrons. The molecular formula is C15H21NO3. The molecule has 0 aliphatic heterocycles.